The monoisotopic (exact) mass is 521 g/mol. The molecule has 3 aromatic rings. The fraction of sp³-hybridized carbons (Fsp3) is 0.273. The minimum absolute atomic E-state index is 0. The van der Waals surface area contributed by atoms with E-state index in [9.17, 15) is 0 Å². The van der Waals surface area contributed by atoms with Crippen LogP contribution in [-0.4, -0.2) is 42.8 Å². The van der Waals surface area contributed by atoms with Gasteiger partial charge < -0.3 is 24.7 Å². The Morgan fingerprint density at radius 3 is 2.33 bits per heavy atom. The lowest BCUT2D eigenvalue weighted by Gasteiger charge is -2.13. The van der Waals surface area contributed by atoms with Gasteiger partial charge in [0.15, 0.2) is 5.96 Å². The third-order valence-electron chi connectivity index (χ3n) is 4.35. The summed E-state index contributed by atoms with van der Waals surface area (Å²) in [6.07, 6.45) is 5.58. The number of aliphatic imine (C=N–C) groups is 1. The predicted molar refractivity (Wildman–Crippen MR) is 130 cm³/mol. The van der Waals surface area contributed by atoms with Crippen molar-refractivity contribution in [1.82, 2.24) is 20.2 Å². The molecule has 0 saturated carbocycles. The van der Waals surface area contributed by atoms with Gasteiger partial charge in [-0.25, -0.2) is 4.98 Å². The molecule has 1 aromatic heterocycles. The second-order valence-corrected chi connectivity index (χ2v) is 6.43. The summed E-state index contributed by atoms with van der Waals surface area (Å²) in [5, 5.41) is 6.57. The fourth-order valence-electron chi connectivity index (χ4n) is 2.77. The number of aromatic nitrogens is 2. The molecule has 0 saturated heterocycles. The number of hydrogen-bond acceptors (Lipinski definition) is 4. The second-order valence-electron chi connectivity index (χ2n) is 6.43. The van der Waals surface area contributed by atoms with Gasteiger partial charge in [-0.1, -0.05) is 24.3 Å². The van der Waals surface area contributed by atoms with Gasteiger partial charge in [0.25, 0.3) is 0 Å². The molecule has 7 nitrogen and oxygen atoms in total. The van der Waals surface area contributed by atoms with Crippen LogP contribution in [0.3, 0.4) is 0 Å². The number of methoxy groups -OCH3 is 1. The minimum Gasteiger partial charge on any atom is -0.497 e. The Morgan fingerprint density at radius 1 is 1.00 bits per heavy atom. The molecule has 0 radical (unpaired) electrons. The zero-order valence-corrected chi connectivity index (χ0v) is 19.6. The van der Waals surface area contributed by atoms with Crippen molar-refractivity contribution in [1.29, 1.82) is 0 Å². The van der Waals surface area contributed by atoms with Crippen molar-refractivity contribution in [2.45, 2.75) is 13.1 Å². The first-order valence-corrected chi connectivity index (χ1v) is 9.52. The van der Waals surface area contributed by atoms with Crippen LogP contribution in [0.5, 0.6) is 11.5 Å². The SMILES string of the molecule is CN=C(NCCOc1ccc(OC)cc1)NCc1ccc(Cn2ccnc2)cc1.I. The highest BCUT2D eigenvalue weighted by Gasteiger charge is 2.01. The second kappa shape index (κ2) is 12.7. The molecular weight excluding hydrogens is 493 g/mol. The Hall–Kier alpha value is -2.75. The predicted octanol–water partition coefficient (Wildman–Crippen LogP) is 3.30. The Bertz CT molecular complexity index is 881. The molecule has 0 aliphatic carbocycles. The molecule has 160 valence electrons. The molecule has 0 bridgehead atoms. The summed E-state index contributed by atoms with van der Waals surface area (Å²) in [6, 6.07) is 16.1. The van der Waals surface area contributed by atoms with E-state index in [1.54, 1.807) is 20.4 Å². The van der Waals surface area contributed by atoms with Crippen molar-refractivity contribution in [3.05, 3.63) is 78.4 Å². The average molecular weight is 521 g/mol. The number of rotatable bonds is 9. The van der Waals surface area contributed by atoms with Gasteiger partial charge >= 0.3 is 0 Å². The summed E-state index contributed by atoms with van der Waals surface area (Å²) < 4.78 is 12.9. The molecule has 2 N–H and O–H groups in total. The highest BCUT2D eigenvalue weighted by atomic mass is 127. The van der Waals surface area contributed by atoms with Crippen molar-refractivity contribution in [3.8, 4) is 11.5 Å². The largest absolute Gasteiger partial charge is 0.497 e. The van der Waals surface area contributed by atoms with Crippen LogP contribution in [0.25, 0.3) is 0 Å². The maximum absolute atomic E-state index is 5.71. The van der Waals surface area contributed by atoms with Crippen LogP contribution in [0.15, 0.2) is 72.2 Å². The number of nitrogens with one attached hydrogen (secondary N) is 2. The number of guanidine groups is 1. The smallest absolute Gasteiger partial charge is 0.191 e. The van der Waals surface area contributed by atoms with Crippen molar-refractivity contribution in [2.24, 2.45) is 4.99 Å². The van der Waals surface area contributed by atoms with E-state index in [-0.39, 0.29) is 24.0 Å². The van der Waals surface area contributed by atoms with Gasteiger partial charge in [0.05, 0.1) is 20.0 Å². The summed E-state index contributed by atoms with van der Waals surface area (Å²) in [6.45, 7) is 2.71. The van der Waals surface area contributed by atoms with E-state index in [1.165, 1.54) is 11.1 Å². The Balaban J connectivity index is 0.00000320. The van der Waals surface area contributed by atoms with Gasteiger partial charge in [-0.15, -0.1) is 24.0 Å². The third-order valence-corrected chi connectivity index (χ3v) is 4.35. The first kappa shape index (κ1) is 23.5. The molecule has 3 rings (SSSR count). The summed E-state index contributed by atoms with van der Waals surface area (Å²) in [4.78, 5) is 8.32. The fourth-order valence-corrected chi connectivity index (χ4v) is 2.77. The van der Waals surface area contributed by atoms with Gasteiger partial charge in [0.2, 0.25) is 0 Å². The molecule has 0 unspecified atom stereocenters. The summed E-state index contributed by atoms with van der Waals surface area (Å²) in [7, 11) is 3.40. The lowest BCUT2D eigenvalue weighted by atomic mass is 10.1. The van der Waals surface area contributed by atoms with Gasteiger partial charge in [-0.2, -0.15) is 0 Å². The lowest BCUT2D eigenvalue weighted by molar-refractivity contribution is 0.321. The number of hydrogen-bond donors (Lipinski definition) is 2. The van der Waals surface area contributed by atoms with Crippen LogP contribution in [0.2, 0.25) is 0 Å². The van der Waals surface area contributed by atoms with E-state index >= 15 is 0 Å². The Kier molecular flexibility index (Phi) is 9.99. The highest BCUT2D eigenvalue weighted by molar-refractivity contribution is 14.0. The summed E-state index contributed by atoms with van der Waals surface area (Å²) in [5.74, 6) is 2.37. The molecule has 0 aliphatic rings. The average Bonchev–Trinajstić information content (AvgIpc) is 3.28. The molecule has 30 heavy (non-hydrogen) atoms. The number of ether oxygens (including phenoxy) is 2. The quantitative estimate of drug-likeness (QED) is 0.196. The molecule has 1 heterocycles. The maximum atomic E-state index is 5.71. The van der Waals surface area contributed by atoms with E-state index < -0.39 is 0 Å². The van der Waals surface area contributed by atoms with Crippen LogP contribution >= 0.6 is 24.0 Å². The number of benzene rings is 2. The van der Waals surface area contributed by atoms with E-state index in [4.69, 9.17) is 9.47 Å². The normalized spacial score (nSPS) is 10.8. The van der Waals surface area contributed by atoms with Gasteiger partial charge in [0.1, 0.15) is 18.1 Å². The van der Waals surface area contributed by atoms with Crippen molar-refractivity contribution in [2.75, 3.05) is 27.3 Å². The Morgan fingerprint density at radius 2 is 1.70 bits per heavy atom. The van der Waals surface area contributed by atoms with Crippen molar-refractivity contribution >= 4 is 29.9 Å². The Labute approximate surface area is 194 Å². The molecular formula is C22H28IN5O2. The summed E-state index contributed by atoms with van der Waals surface area (Å²) in [5.41, 5.74) is 2.43. The minimum atomic E-state index is 0. The third kappa shape index (κ3) is 7.58. The van der Waals surface area contributed by atoms with Gasteiger partial charge in [-0.3, -0.25) is 4.99 Å². The summed E-state index contributed by atoms with van der Waals surface area (Å²) >= 11 is 0. The first-order valence-electron chi connectivity index (χ1n) is 9.52. The van der Waals surface area contributed by atoms with Crippen LogP contribution in [0, 0.1) is 0 Å². The van der Waals surface area contributed by atoms with E-state index in [0.717, 1.165) is 24.0 Å². The molecule has 0 atom stereocenters. The zero-order valence-electron chi connectivity index (χ0n) is 17.2. The molecule has 0 fully saturated rings. The van der Waals surface area contributed by atoms with Gasteiger partial charge in [-0.05, 0) is 35.4 Å². The lowest BCUT2D eigenvalue weighted by Crippen LogP contribution is -2.38. The van der Waals surface area contributed by atoms with Crippen LogP contribution in [0.4, 0.5) is 0 Å². The number of halogens is 1. The van der Waals surface area contributed by atoms with Crippen molar-refractivity contribution < 1.29 is 9.47 Å². The highest BCUT2D eigenvalue weighted by Crippen LogP contribution is 2.16. The van der Waals surface area contributed by atoms with Crippen molar-refractivity contribution in [3.63, 3.8) is 0 Å². The van der Waals surface area contributed by atoms with Crippen LogP contribution in [-0.2, 0) is 13.1 Å². The molecule has 0 spiro atoms. The van der Waals surface area contributed by atoms with E-state index in [0.29, 0.717) is 19.7 Å². The van der Waals surface area contributed by atoms with Gasteiger partial charge in [0, 0.05) is 32.5 Å². The first-order chi connectivity index (χ1) is 14.3. The standard InChI is InChI=1S/C22H27N5O2.HI/c1-23-22(25-12-14-29-21-9-7-20(28-2)8-10-21)26-15-18-3-5-19(6-4-18)16-27-13-11-24-17-27;/h3-11,13,17H,12,14-16H2,1-2H3,(H2,23,25,26);1H. The van der Waals surface area contributed by atoms with E-state index in [2.05, 4.69) is 44.9 Å². The number of imidazole rings is 1. The molecule has 2 aromatic carbocycles. The number of nitrogens with zero attached hydrogens (tertiary/aromatic N) is 3. The topological polar surface area (TPSA) is 72.7 Å². The van der Waals surface area contributed by atoms with Crippen LogP contribution in [0.1, 0.15) is 11.1 Å². The zero-order chi connectivity index (χ0) is 20.3. The molecule has 0 amide bonds. The molecule has 0 aliphatic heterocycles. The maximum Gasteiger partial charge on any atom is 0.191 e. The van der Waals surface area contributed by atoms with E-state index in [1.807, 2.05) is 41.4 Å². The van der Waals surface area contributed by atoms with Crippen LogP contribution < -0.4 is 20.1 Å². The molecule has 8 heteroatoms.